The Kier molecular flexibility index (Phi) is 4.82. The van der Waals surface area contributed by atoms with Crippen LogP contribution in [0.1, 0.15) is 12.8 Å². The number of rotatable bonds is 7. The molecular formula is C12H22N4O. The van der Waals surface area contributed by atoms with Gasteiger partial charge in [0.05, 0.1) is 6.61 Å². The molecule has 5 heteroatoms. The average Bonchev–Trinajstić information content (AvgIpc) is 2.98. The molecule has 1 aliphatic heterocycles. The largest absolute Gasteiger partial charge is 0.383 e. The highest BCUT2D eigenvalue weighted by Crippen LogP contribution is 2.07. The third-order valence-corrected chi connectivity index (χ3v) is 3.16. The first-order valence-electron chi connectivity index (χ1n) is 6.36. The van der Waals surface area contributed by atoms with Crippen LogP contribution in [0.4, 0.5) is 5.95 Å². The lowest BCUT2D eigenvalue weighted by Gasteiger charge is -2.15. The van der Waals surface area contributed by atoms with Crippen molar-refractivity contribution in [3.8, 4) is 0 Å². The molecule has 2 heterocycles. The van der Waals surface area contributed by atoms with Crippen LogP contribution in [0.2, 0.25) is 0 Å². The van der Waals surface area contributed by atoms with E-state index < -0.39 is 0 Å². The molecule has 0 unspecified atom stereocenters. The molecule has 0 spiro atoms. The lowest BCUT2D eigenvalue weighted by Crippen LogP contribution is -2.26. The maximum Gasteiger partial charge on any atom is 0.202 e. The van der Waals surface area contributed by atoms with Crippen LogP contribution in [-0.4, -0.2) is 54.3 Å². The van der Waals surface area contributed by atoms with Gasteiger partial charge in [0.1, 0.15) is 0 Å². The summed E-state index contributed by atoms with van der Waals surface area (Å²) >= 11 is 0. The summed E-state index contributed by atoms with van der Waals surface area (Å²) in [7, 11) is 1.72. The minimum atomic E-state index is 0.719. The van der Waals surface area contributed by atoms with Crippen LogP contribution in [0.15, 0.2) is 12.4 Å². The minimum Gasteiger partial charge on any atom is -0.383 e. The molecule has 5 nitrogen and oxygen atoms in total. The fourth-order valence-corrected chi connectivity index (χ4v) is 2.18. The van der Waals surface area contributed by atoms with E-state index in [2.05, 4.69) is 19.8 Å². The lowest BCUT2D eigenvalue weighted by molar-refractivity contribution is 0.187. The van der Waals surface area contributed by atoms with Gasteiger partial charge < -0.3 is 19.5 Å². The Bertz CT molecular complexity index is 320. The van der Waals surface area contributed by atoms with Gasteiger partial charge in [-0.15, -0.1) is 0 Å². The van der Waals surface area contributed by atoms with Gasteiger partial charge in [-0.2, -0.15) is 0 Å². The Hall–Kier alpha value is -1.07. The number of nitrogens with zero attached hydrogens (tertiary/aromatic N) is 3. The van der Waals surface area contributed by atoms with Crippen LogP contribution in [0.5, 0.6) is 0 Å². The summed E-state index contributed by atoms with van der Waals surface area (Å²) in [5.41, 5.74) is 0. The minimum absolute atomic E-state index is 0.719. The summed E-state index contributed by atoms with van der Waals surface area (Å²) in [6, 6.07) is 0. The molecule has 0 amide bonds. The number of imidazole rings is 1. The van der Waals surface area contributed by atoms with Crippen molar-refractivity contribution in [2.45, 2.75) is 19.4 Å². The van der Waals surface area contributed by atoms with Gasteiger partial charge in [0, 0.05) is 39.1 Å². The van der Waals surface area contributed by atoms with Crippen molar-refractivity contribution >= 4 is 5.95 Å². The van der Waals surface area contributed by atoms with Gasteiger partial charge in [0.25, 0.3) is 0 Å². The van der Waals surface area contributed by atoms with E-state index in [0.29, 0.717) is 0 Å². The fourth-order valence-electron chi connectivity index (χ4n) is 2.18. The first-order valence-corrected chi connectivity index (χ1v) is 6.36. The predicted molar refractivity (Wildman–Crippen MR) is 68.3 cm³/mol. The quantitative estimate of drug-likeness (QED) is 0.770. The normalized spacial score (nSPS) is 16.5. The van der Waals surface area contributed by atoms with E-state index in [1.54, 1.807) is 7.11 Å². The smallest absolute Gasteiger partial charge is 0.202 e. The average molecular weight is 238 g/mol. The SMILES string of the molecule is COCCn1ccnc1NCCN1CCCC1. The molecule has 1 N–H and O–H groups in total. The zero-order chi connectivity index (χ0) is 11.9. The number of methoxy groups -OCH3 is 1. The molecule has 1 aromatic heterocycles. The summed E-state index contributed by atoms with van der Waals surface area (Å²) in [6.07, 6.45) is 6.51. The predicted octanol–water partition coefficient (Wildman–Crippen LogP) is 1.04. The van der Waals surface area contributed by atoms with Gasteiger partial charge in [-0.3, -0.25) is 0 Å². The third kappa shape index (κ3) is 3.71. The van der Waals surface area contributed by atoms with Gasteiger partial charge >= 0.3 is 0 Å². The first kappa shape index (κ1) is 12.4. The second kappa shape index (κ2) is 6.61. The summed E-state index contributed by atoms with van der Waals surface area (Å²) in [4.78, 5) is 6.81. The van der Waals surface area contributed by atoms with Gasteiger partial charge in [0.2, 0.25) is 5.95 Å². The van der Waals surface area contributed by atoms with Crippen molar-refractivity contribution in [1.29, 1.82) is 0 Å². The highest BCUT2D eigenvalue weighted by Gasteiger charge is 2.10. The van der Waals surface area contributed by atoms with E-state index in [4.69, 9.17) is 4.74 Å². The second-order valence-corrected chi connectivity index (χ2v) is 4.41. The van der Waals surface area contributed by atoms with Crippen LogP contribution >= 0.6 is 0 Å². The monoisotopic (exact) mass is 238 g/mol. The Morgan fingerprint density at radius 1 is 1.35 bits per heavy atom. The number of anilines is 1. The summed E-state index contributed by atoms with van der Waals surface area (Å²) in [6.45, 7) is 6.14. The molecule has 1 aromatic rings. The number of aromatic nitrogens is 2. The van der Waals surface area contributed by atoms with Gasteiger partial charge in [-0.05, 0) is 25.9 Å². The molecule has 0 aliphatic carbocycles. The van der Waals surface area contributed by atoms with Crippen LogP contribution < -0.4 is 5.32 Å². The van der Waals surface area contributed by atoms with Gasteiger partial charge in [0.15, 0.2) is 0 Å². The van der Waals surface area contributed by atoms with E-state index in [1.807, 2.05) is 12.4 Å². The zero-order valence-corrected chi connectivity index (χ0v) is 10.6. The van der Waals surface area contributed by atoms with Gasteiger partial charge in [-0.1, -0.05) is 0 Å². The topological polar surface area (TPSA) is 42.3 Å². The summed E-state index contributed by atoms with van der Waals surface area (Å²) < 4.78 is 7.16. The van der Waals surface area contributed by atoms with Crippen molar-refractivity contribution in [1.82, 2.24) is 14.5 Å². The first-order chi connectivity index (χ1) is 8.40. The molecule has 1 saturated heterocycles. The fraction of sp³-hybridized carbons (Fsp3) is 0.750. The Morgan fingerprint density at radius 3 is 2.94 bits per heavy atom. The number of ether oxygens (including phenoxy) is 1. The summed E-state index contributed by atoms with van der Waals surface area (Å²) in [5.74, 6) is 0.946. The van der Waals surface area contributed by atoms with Gasteiger partial charge in [-0.25, -0.2) is 4.98 Å². The molecule has 1 fully saturated rings. The van der Waals surface area contributed by atoms with E-state index in [-0.39, 0.29) is 0 Å². The van der Waals surface area contributed by atoms with Crippen LogP contribution in [0.3, 0.4) is 0 Å². The van der Waals surface area contributed by atoms with Crippen LogP contribution in [0.25, 0.3) is 0 Å². The lowest BCUT2D eigenvalue weighted by atomic mass is 10.4. The van der Waals surface area contributed by atoms with Crippen molar-refractivity contribution < 1.29 is 4.74 Å². The van der Waals surface area contributed by atoms with E-state index in [1.165, 1.54) is 25.9 Å². The van der Waals surface area contributed by atoms with Crippen molar-refractivity contribution in [2.24, 2.45) is 0 Å². The Morgan fingerprint density at radius 2 is 2.18 bits per heavy atom. The number of likely N-dealkylation sites (tertiary alicyclic amines) is 1. The van der Waals surface area contributed by atoms with Crippen molar-refractivity contribution in [3.05, 3.63) is 12.4 Å². The molecule has 2 rings (SSSR count). The van der Waals surface area contributed by atoms with E-state index in [9.17, 15) is 0 Å². The van der Waals surface area contributed by atoms with Crippen LogP contribution in [-0.2, 0) is 11.3 Å². The molecular weight excluding hydrogens is 216 g/mol. The number of nitrogens with one attached hydrogen (secondary N) is 1. The van der Waals surface area contributed by atoms with E-state index in [0.717, 1.165) is 32.2 Å². The summed E-state index contributed by atoms with van der Waals surface area (Å²) in [5, 5.41) is 3.38. The molecule has 1 aliphatic rings. The maximum atomic E-state index is 5.07. The van der Waals surface area contributed by atoms with E-state index >= 15 is 0 Å². The number of hydrogen-bond donors (Lipinski definition) is 1. The molecule has 0 atom stereocenters. The van der Waals surface area contributed by atoms with Crippen LogP contribution in [0, 0.1) is 0 Å². The standard InChI is InChI=1S/C12H22N4O/c1-17-11-10-16-9-5-14-12(16)13-4-8-15-6-2-3-7-15/h5,9H,2-4,6-8,10-11H2,1H3,(H,13,14). The third-order valence-electron chi connectivity index (χ3n) is 3.16. The van der Waals surface area contributed by atoms with Crippen molar-refractivity contribution in [2.75, 3.05) is 45.2 Å². The highest BCUT2D eigenvalue weighted by molar-refractivity contribution is 5.25. The highest BCUT2D eigenvalue weighted by atomic mass is 16.5. The molecule has 0 saturated carbocycles. The molecule has 0 bridgehead atoms. The molecule has 0 radical (unpaired) electrons. The molecule has 0 aromatic carbocycles. The molecule has 96 valence electrons. The van der Waals surface area contributed by atoms with Crippen molar-refractivity contribution in [3.63, 3.8) is 0 Å². The second-order valence-electron chi connectivity index (χ2n) is 4.41. The Balaban J connectivity index is 1.72. The zero-order valence-electron chi connectivity index (χ0n) is 10.6. The molecule has 17 heavy (non-hydrogen) atoms. The number of hydrogen-bond acceptors (Lipinski definition) is 4. The maximum absolute atomic E-state index is 5.07. The Labute approximate surface area is 103 Å².